The van der Waals surface area contributed by atoms with Crippen molar-refractivity contribution in [3.8, 4) is 0 Å². The largest absolute Gasteiger partial charge is 0.310 e. The molecule has 2 aromatic rings. The maximum Gasteiger partial charge on any atom is 0.251 e. The Balaban J connectivity index is 1.94. The third kappa shape index (κ3) is 3.01. The number of aromatic nitrogens is 2. The van der Waals surface area contributed by atoms with Crippen molar-refractivity contribution in [1.82, 2.24) is 9.78 Å². The van der Waals surface area contributed by atoms with Crippen molar-refractivity contribution >= 4 is 21.4 Å². The van der Waals surface area contributed by atoms with Gasteiger partial charge in [0.1, 0.15) is 6.04 Å². The number of amides is 1. The van der Waals surface area contributed by atoms with Gasteiger partial charge in [0.2, 0.25) is 0 Å². The number of nitrogens with zero attached hydrogens (tertiary/aromatic N) is 3. The molecule has 6 nitrogen and oxygen atoms in total. The minimum absolute atomic E-state index is 0.0400. The summed E-state index contributed by atoms with van der Waals surface area (Å²) in [6, 6.07) is 6.37. The molecule has 7 heteroatoms. The number of hydrogen-bond acceptors (Lipinski definition) is 4. The highest BCUT2D eigenvalue weighted by Crippen LogP contribution is 2.31. The molecule has 0 bridgehead atoms. The highest BCUT2D eigenvalue weighted by Gasteiger charge is 2.28. The van der Waals surface area contributed by atoms with Crippen LogP contribution < -0.4 is 4.90 Å². The van der Waals surface area contributed by atoms with Crippen LogP contribution in [0.2, 0.25) is 0 Å². The third-order valence-electron chi connectivity index (χ3n) is 4.14. The summed E-state index contributed by atoms with van der Waals surface area (Å²) < 4.78 is 25.0. The number of carbonyl (C=O) groups excluding carboxylic acids is 1. The maximum atomic E-state index is 12.8. The SMILES string of the molecule is CC(C(=O)N1CCCc2cc(S(C)(=O)=O)ccc21)n1cccn1. The Morgan fingerprint density at radius 3 is 2.78 bits per heavy atom. The fraction of sp³-hybridized carbons (Fsp3) is 0.375. The molecule has 1 aliphatic heterocycles. The zero-order valence-electron chi connectivity index (χ0n) is 13.1. The molecule has 122 valence electrons. The van der Waals surface area contributed by atoms with Gasteiger partial charge in [-0.3, -0.25) is 9.48 Å². The number of carbonyl (C=O) groups is 1. The molecule has 0 spiro atoms. The molecule has 0 saturated heterocycles. The van der Waals surface area contributed by atoms with E-state index in [1.165, 1.54) is 6.26 Å². The molecule has 1 aromatic heterocycles. The van der Waals surface area contributed by atoms with Crippen molar-refractivity contribution in [3.05, 3.63) is 42.2 Å². The summed E-state index contributed by atoms with van der Waals surface area (Å²) in [5, 5.41) is 4.12. The fourth-order valence-corrected chi connectivity index (χ4v) is 3.55. The highest BCUT2D eigenvalue weighted by atomic mass is 32.2. The van der Waals surface area contributed by atoms with Gasteiger partial charge in [-0.1, -0.05) is 0 Å². The average Bonchev–Trinajstić information content (AvgIpc) is 3.06. The minimum Gasteiger partial charge on any atom is -0.310 e. The molecule has 1 amide bonds. The topological polar surface area (TPSA) is 72.3 Å². The van der Waals surface area contributed by atoms with Crippen LogP contribution in [0.3, 0.4) is 0 Å². The average molecular weight is 333 g/mol. The molecule has 0 fully saturated rings. The van der Waals surface area contributed by atoms with Crippen molar-refractivity contribution < 1.29 is 13.2 Å². The molecule has 0 saturated carbocycles. The van der Waals surface area contributed by atoms with Gasteiger partial charge in [-0.15, -0.1) is 0 Å². The Labute approximate surface area is 135 Å². The van der Waals surface area contributed by atoms with Crippen LogP contribution in [-0.4, -0.2) is 36.9 Å². The van der Waals surface area contributed by atoms with Gasteiger partial charge in [0, 0.05) is 30.9 Å². The monoisotopic (exact) mass is 333 g/mol. The lowest BCUT2D eigenvalue weighted by atomic mass is 10.0. The second-order valence-corrected chi connectivity index (χ2v) is 7.83. The van der Waals surface area contributed by atoms with E-state index in [1.807, 2.05) is 6.92 Å². The van der Waals surface area contributed by atoms with Crippen LogP contribution >= 0.6 is 0 Å². The van der Waals surface area contributed by atoms with Gasteiger partial charge in [-0.05, 0) is 49.6 Å². The zero-order valence-corrected chi connectivity index (χ0v) is 14.0. The van der Waals surface area contributed by atoms with E-state index >= 15 is 0 Å². The minimum atomic E-state index is -3.24. The number of fused-ring (bicyclic) bond motifs is 1. The molecule has 1 aromatic carbocycles. The van der Waals surface area contributed by atoms with E-state index in [0.29, 0.717) is 11.4 Å². The van der Waals surface area contributed by atoms with Crippen LogP contribution in [0.1, 0.15) is 24.9 Å². The molecule has 1 atom stereocenters. The molecule has 3 rings (SSSR count). The Hall–Kier alpha value is -2.15. The summed E-state index contributed by atoms with van der Waals surface area (Å²) in [5.74, 6) is -0.0400. The number of hydrogen-bond donors (Lipinski definition) is 0. The van der Waals surface area contributed by atoms with Crippen molar-refractivity contribution in [2.24, 2.45) is 0 Å². The van der Waals surface area contributed by atoms with E-state index in [-0.39, 0.29) is 5.91 Å². The van der Waals surface area contributed by atoms with Crippen molar-refractivity contribution in [2.75, 3.05) is 17.7 Å². The van der Waals surface area contributed by atoms with Crippen molar-refractivity contribution in [3.63, 3.8) is 0 Å². The molecule has 2 heterocycles. The summed E-state index contributed by atoms with van der Waals surface area (Å²) in [4.78, 5) is 14.8. The predicted molar refractivity (Wildman–Crippen MR) is 87.2 cm³/mol. The fourth-order valence-electron chi connectivity index (χ4n) is 2.88. The van der Waals surface area contributed by atoms with E-state index in [0.717, 1.165) is 24.1 Å². The Morgan fingerprint density at radius 1 is 1.35 bits per heavy atom. The normalized spacial score (nSPS) is 16.0. The van der Waals surface area contributed by atoms with Gasteiger partial charge in [0.05, 0.1) is 4.90 Å². The van der Waals surface area contributed by atoms with Gasteiger partial charge in [-0.25, -0.2) is 8.42 Å². The molecular formula is C16H19N3O3S. The van der Waals surface area contributed by atoms with Gasteiger partial charge in [0.25, 0.3) is 5.91 Å². The van der Waals surface area contributed by atoms with Crippen LogP contribution in [0, 0.1) is 0 Å². The van der Waals surface area contributed by atoms with E-state index in [2.05, 4.69) is 5.10 Å². The summed E-state index contributed by atoms with van der Waals surface area (Å²) in [7, 11) is -3.24. The second kappa shape index (κ2) is 5.81. The van der Waals surface area contributed by atoms with Crippen LogP contribution in [0.25, 0.3) is 0 Å². The van der Waals surface area contributed by atoms with Gasteiger partial charge < -0.3 is 4.90 Å². The predicted octanol–water partition coefficient (Wildman–Crippen LogP) is 1.83. The van der Waals surface area contributed by atoms with Crippen LogP contribution in [0.4, 0.5) is 5.69 Å². The summed E-state index contributed by atoms with van der Waals surface area (Å²) in [6.45, 7) is 2.45. The lowest BCUT2D eigenvalue weighted by Gasteiger charge is -2.31. The molecule has 0 aliphatic carbocycles. The second-order valence-electron chi connectivity index (χ2n) is 5.82. The van der Waals surface area contributed by atoms with Crippen LogP contribution in [-0.2, 0) is 21.1 Å². The number of benzene rings is 1. The first kappa shape index (κ1) is 15.7. The van der Waals surface area contributed by atoms with Crippen molar-refractivity contribution in [1.29, 1.82) is 0 Å². The molecular weight excluding hydrogens is 314 g/mol. The van der Waals surface area contributed by atoms with Crippen LogP contribution in [0.5, 0.6) is 0 Å². The lowest BCUT2D eigenvalue weighted by molar-refractivity contribution is -0.121. The molecule has 1 unspecified atom stereocenters. The van der Waals surface area contributed by atoms with Gasteiger partial charge >= 0.3 is 0 Å². The smallest absolute Gasteiger partial charge is 0.251 e. The van der Waals surface area contributed by atoms with E-state index < -0.39 is 15.9 Å². The zero-order chi connectivity index (χ0) is 16.6. The van der Waals surface area contributed by atoms with Crippen molar-refractivity contribution in [2.45, 2.75) is 30.7 Å². The lowest BCUT2D eigenvalue weighted by Crippen LogP contribution is -2.39. The van der Waals surface area contributed by atoms with Gasteiger partial charge in [-0.2, -0.15) is 5.10 Å². The Morgan fingerprint density at radius 2 is 2.13 bits per heavy atom. The van der Waals surface area contributed by atoms with Crippen LogP contribution in [0.15, 0.2) is 41.6 Å². The van der Waals surface area contributed by atoms with E-state index in [9.17, 15) is 13.2 Å². The Kier molecular flexibility index (Phi) is 3.97. The third-order valence-corrected chi connectivity index (χ3v) is 5.25. The standard InChI is InChI=1S/C16H19N3O3S/c1-12(19-10-4-8-17-19)16(20)18-9-3-5-13-11-14(23(2,21)22)6-7-15(13)18/h4,6-8,10-12H,3,5,9H2,1-2H3. The number of rotatable bonds is 3. The first-order valence-corrected chi connectivity index (χ1v) is 9.40. The number of aryl methyl sites for hydroxylation is 1. The number of sulfone groups is 1. The molecule has 23 heavy (non-hydrogen) atoms. The summed E-state index contributed by atoms with van der Waals surface area (Å²) in [5.41, 5.74) is 1.70. The Bertz CT molecular complexity index is 828. The van der Waals surface area contributed by atoms with E-state index in [1.54, 1.807) is 46.2 Å². The maximum absolute atomic E-state index is 12.8. The number of anilines is 1. The molecule has 0 radical (unpaired) electrons. The highest BCUT2D eigenvalue weighted by molar-refractivity contribution is 7.90. The van der Waals surface area contributed by atoms with E-state index in [4.69, 9.17) is 0 Å². The molecule has 1 aliphatic rings. The summed E-state index contributed by atoms with van der Waals surface area (Å²) in [6.07, 6.45) is 6.20. The first-order valence-electron chi connectivity index (χ1n) is 7.51. The molecule has 0 N–H and O–H groups in total. The summed E-state index contributed by atoms with van der Waals surface area (Å²) >= 11 is 0. The first-order chi connectivity index (χ1) is 10.9. The van der Waals surface area contributed by atoms with Gasteiger partial charge in [0.15, 0.2) is 9.84 Å². The quantitative estimate of drug-likeness (QED) is 0.859.